The maximum Gasteiger partial charge on any atom is 0 e. The molecule has 1 radical (unpaired) electrons. The Morgan fingerprint density at radius 3 is 2.50 bits per heavy atom. The van der Waals surface area contributed by atoms with Gasteiger partial charge in [0, 0.05) is 18.9 Å². The van der Waals surface area contributed by atoms with Crippen molar-refractivity contribution in [2.75, 3.05) is 4.43 Å². The quantitative estimate of drug-likeness (QED) is 0.361. The maximum absolute atomic E-state index is 2.42. The molecular weight excluding hydrogens is 297 g/mol. The summed E-state index contributed by atoms with van der Waals surface area (Å²) >= 11 is 1.18. The van der Waals surface area contributed by atoms with Crippen molar-refractivity contribution in [2.45, 2.75) is 0 Å². The first-order valence-corrected chi connectivity index (χ1v) is 11.8. The molecule has 0 aliphatic carbocycles. The van der Waals surface area contributed by atoms with Crippen LogP contribution in [0.25, 0.3) is 0 Å². The Balaban J connectivity index is 0.000000250. The third kappa shape index (κ3) is 2.89. The van der Waals surface area contributed by atoms with Crippen molar-refractivity contribution in [3.63, 3.8) is 0 Å². The summed E-state index contributed by atoms with van der Waals surface area (Å²) in [5.41, 5.74) is 0. The van der Waals surface area contributed by atoms with Gasteiger partial charge in [-0.25, -0.2) is 0 Å². The topological polar surface area (TPSA) is 0 Å². The molecule has 0 atom stereocenters. The Bertz CT molecular complexity index is 46.8. The minimum Gasteiger partial charge on any atom is 0 e. The van der Waals surface area contributed by atoms with Crippen molar-refractivity contribution >= 4 is 53.3 Å². The fourth-order valence-electron chi connectivity index (χ4n) is 0.196. The summed E-state index contributed by atoms with van der Waals surface area (Å²) in [4.78, 5) is 0. The zero-order valence-electron chi connectivity index (χ0n) is 3.68. The Kier molecular flexibility index (Phi) is 6.43. The van der Waals surface area contributed by atoms with Crippen molar-refractivity contribution < 1.29 is 0 Å². The molecule has 0 unspecified atom stereocenters. The molecule has 0 aromatic carbocycles. The molecule has 0 saturated carbocycles. The predicted octanol–water partition coefficient (Wildman–Crippen LogP) is 1.45. The average Bonchev–Trinajstić information content (AvgIpc) is 1.76. The molecule has 0 nitrogen and oxygen atoms in total. The molecule has 1 aliphatic heterocycles. The van der Waals surface area contributed by atoms with E-state index < -0.39 is 0 Å². The van der Waals surface area contributed by atoms with Crippen LogP contribution in [-0.2, 0) is 0 Å². The Labute approximate surface area is 66.9 Å². The van der Waals surface area contributed by atoms with E-state index in [2.05, 4.69) is 10.2 Å². The minimum atomic E-state index is 0. The van der Waals surface area contributed by atoms with Crippen LogP contribution >= 0.6 is 34.5 Å². The second-order valence-electron chi connectivity index (χ2n) is 0.753. The molecule has 0 N–H and O–H groups in total. The summed E-state index contributed by atoms with van der Waals surface area (Å²) in [6.07, 6.45) is 2.35. The van der Waals surface area contributed by atoms with Gasteiger partial charge in [0.15, 0.2) is 0 Å². The van der Waals surface area contributed by atoms with E-state index in [0.717, 1.165) is 0 Å². The third-order valence-corrected chi connectivity index (χ3v) is 9.91. The minimum absolute atomic E-state index is 0. The number of rotatable bonds is 0. The first-order chi connectivity index (χ1) is 2.50. The monoisotopic (exact) mass is 303 g/mol. The molecule has 1 heterocycles. The number of alkyl halides is 1. The molecule has 1 rings (SSSR count). The van der Waals surface area contributed by atoms with Crippen LogP contribution in [0.5, 0.6) is 0 Å². The van der Waals surface area contributed by atoms with Gasteiger partial charge in [0.2, 0.25) is 0 Å². The van der Waals surface area contributed by atoms with Crippen molar-refractivity contribution in [1.29, 1.82) is 0 Å². The van der Waals surface area contributed by atoms with Gasteiger partial charge in [0.25, 0.3) is 0 Å². The standard InChI is InChI=1S/C3H6I2.Li/c1-2-4-5-3-1;/h1-2,4-5H,3H2;. The van der Waals surface area contributed by atoms with Gasteiger partial charge in [-0.2, -0.15) is 0 Å². The van der Waals surface area contributed by atoms with Gasteiger partial charge in [0.05, 0.1) is 0 Å². The summed E-state index contributed by atoms with van der Waals surface area (Å²) in [7, 11) is 0. The van der Waals surface area contributed by atoms with Crippen LogP contribution in [0, 0.1) is 0 Å². The van der Waals surface area contributed by atoms with Crippen LogP contribution in [0.4, 0.5) is 0 Å². The Morgan fingerprint density at radius 1 is 1.50 bits per heavy atom. The molecule has 33 valence electrons. The number of allylic oxidation sites excluding steroid dienone is 1. The van der Waals surface area contributed by atoms with Crippen molar-refractivity contribution in [1.82, 2.24) is 0 Å². The van der Waals surface area contributed by atoms with Crippen LogP contribution < -0.4 is 0 Å². The molecular formula is C3H6I2Li. The molecule has 6 heavy (non-hydrogen) atoms. The fraction of sp³-hybridized carbons (Fsp3) is 0.333. The van der Waals surface area contributed by atoms with Gasteiger partial charge in [-0.05, 0) is 0 Å². The van der Waals surface area contributed by atoms with Crippen LogP contribution in [0.3, 0.4) is 0 Å². The van der Waals surface area contributed by atoms with Gasteiger partial charge in [0.1, 0.15) is 0 Å². The summed E-state index contributed by atoms with van der Waals surface area (Å²) in [6.45, 7) is 0. The largest absolute Gasteiger partial charge is 0 e. The van der Waals surface area contributed by atoms with E-state index in [9.17, 15) is 0 Å². The van der Waals surface area contributed by atoms with Crippen molar-refractivity contribution in [3.05, 3.63) is 10.2 Å². The predicted molar refractivity (Wildman–Crippen MR) is 50.6 cm³/mol. The zero-order chi connectivity index (χ0) is 3.54. The molecule has 3 heteroatoms. The molecule has 0 bridgehead atoms. The number of halogens is 2. The van der Waals surface area contributed by atoms with Gasteiger partial charge < -0.3 is 0 Å². The Hall–Kier alpha value is 1.80. The molecule has 0 spiro atoms. The van der Waals surface area contributed by atoms with Gasteiger partial charge in [-0.1, -0.05) is 0 Å². The van der Waals surface area contributed by atoms with E-state index in [4.69, 9.17) is 0 Å². The zero-order valence-corrected chi connectivity index (χ0v) is 8.34. The van der Waals surface area contributed by atoms with Crippen LogP contribution in [0.15, 0.2) is 10.2 Å². The summed E-state index contributed by atoms with van der Waals surface area (Å²) < 4.78 is 3.93. The van der Waals surface area contributed by atoms with E-state index in [1.807, 2.05) is 0 Å². The second kappa shape index (κ2) is 4.94. The Morgan fingerprint density at radius 2 is 2.33 bits per heavy atom. The van der Waals surface area contributed by atoms with Crippen LogP contribution in [-0.4, -0.2) is 23.3 Å². The van der Waals surface area contributed by atoms with Gasteiger partial charge in [-0.15, -0.1) is 0 Å². The smallest absolute Gasteiger partial charge is 0 e. The first kappa shape index (κ1) is 7.80. The summed E-state index contributed by atoms with van der Waals surface area (Å²) in [6, 6.07) is 0. The van der Waals surface area contributed by atoms with Crippen molar-refractivity contribution in [3.8, 4) is 0 Å². The van der Waals surface area contributed by atoms with E-state index in [0.29, 0.717) is 34.5 Å². The maximum atomic E-state index is 2.42. The van der Waals surface area contributed by atoms with E-state index in [1.54, 1.807) is 0 Å². The summed E-state index contributed by atoms with van der Waals surface area (Å²) in [5, 5.41) is 0. The molecule has 0 aromatic heterocycles. The summed E-state index contributed by atoms with van der Waals surface area (Å²) in [5.74, 6) is 0. The average molecular weight is 303 g/mol. The number of hydrogen-bond acceptors (Lipinski definition) is 0. The van der Waals surface area contributed by atoms with E-state index in [1.165, 1.54) is 4.43 Å². The van der Waals surface area contributed by atoms with E-state index >= 15 is 0 Å². The van der Waals surface area contributed by atoms with Crippen LogP contribution in [0.2, 0.25) is 0 Å². The SMILES string of the molecule is C1=C[IH][IH]C1.[Li]. The normalized spacial score (nSPS) is 20.0. The molecule has 1 aliphatic rings. The molecule has 0 amide bonds. The first-order valence-electron chi connectivity index (χ1n) is 1.43. The van der Waals surface area contributed by atoms with Crippen molar-refractivity contribution in [2.24, 2.45) is 0 Å². The van der Waals surface area contributed by atoms with Gasteiger partial charge >= 0.3 is 49.0 Å². The fourth-order valence-corrected chi connectivity index (χ4v) is 8.84. The second-order valence-corrected chi connectivity index (χ2v) is 11.9. The van der Waals surface area contributed by atoms with Crippen LogP contribution in [0.1, 0.15) is 0 Å². The van der Waals surface area contributed by atoms with E-state index in [-0.39, 0.29) is 18.9 Å². The molecule has 0 fully saturated rings. The molecule has 0 saturated heterocycles. The number of hydrogen-bond donors (Lipinski definition) is 0. The van der Waals surface area contributed by atoms with Gasteiger partial charge in [-0.3, -0.25) is 0 Å². The third-order valence-electron chi connectivity index (χ3n) is 0.384. The molecule has 0 aromatic rings.